The van der Waals surface area contributed by atoms with Crippen molar-refractivity contribution >= 4 is 60.2 Å². The molecule has 292 valence electrons. The molecule has 62 heavy (non-hydrogen) atoms. The molecule has 0 unspecified atom stereocenters. The average molecular weight is 790 g/mol. The number of benzene rings is 11. The van der Waals surface area contributed by atoms with Crippen molar-refractivity contribution in [1.29, 1.82) is 0 Å². The summed E-state index contributed by atoms with van der Waals surface area (Å²) < 4.78 is 0. The Labute approximate surface area is 362 Å². The highest BCUT2D eigenvalue weighted by Crippen LogP contribution is 2.52. The smallest absolute Gasteiger partial charge is 0.0465 e. The highest BCUT2D eigenvalue weighted by atomic mass is 15.1. The summed E-state index contributed by atoms with van der Waals surface area (Å²) in [6.07, 6.45) is 0. The van der Waals surface area contributed by atoms with E-state index in [1.165, 1.54) is 98.7 Å². The number of para-hydroxylation sites is 1. The molecule has 1 aliphatic rings. The standard InChI is InChI=1S/C61H43N/c1-61(2)59-38-49(58-37-48-14-8-9-17-53(48)54-18-10-11-19-55(54)58)28-32-56(59)57-33-31-52(39-60(57)61)62(50-15-4-3-5-16-50)51-29-26-41(27-30-51)43-22-23-46-36-47(25-24-45(46)35-43)44-21-20-40-12-6-7-13-42(40)34-44/h3-39H,1-2H3. The third-order valence-corrected chi connectivity index (χ3v) is 13.4. The molecule has 0 aromatic heterocycles. The molecule has 1 heteroatoms. The van der Waals surface area contributed by atoms with Gasteiger partial charge >= 0.3 is 0 Å². The predicted octanol–water partition coefficient (Wildman–Crippen LogP) is 17.1. The lowest BCUT2D eigenvalue weighted by Crippen LogP contribution is -2.16. The number of fused-ring (bicyclic) bond motifs is 8. The van der Waals surface area contributed by atoms with Crippen molar-refractivity contribution in [3.05, 3.63) is 236 Å². The van der Waals surface area contributed by atoms with Crippen LogP contribution in [0.4, 0.5) is 17.1 Å². The second-order valence-electron chi connectivity index (χ2n) is 17.4. The van der Waals surface area contributed by atoms with Gasteiger partial charge in [-0.2, -0.15) is 0 Å². The normalized spacial score (nSPS) is 12.8. The van der Waals surface area contributed by atoms with Crippen LogP contribution in [0.2, 0.25) is 0 Å². The molecule has 0 amide bonds. The lowest BCUT2D eigenvalue weighted by molar-refractivity contribution is 0.660. The van der Waals surface area contributed by atoms with E-state index in [9.17, 15) is 0 Å². The van der Waals surface area contributed by atoms with Crippen LogP contribution in [0.15, 0.2) is 224 Å². The minimum absolute atomic E-state index is 0.193. The van der Waals surface area contributed by atoms with E-state index in [-0.39, 0.29) is 5.41 Å². The van der Waals surface area contributed by atoms with Crippen molar-refractivity contribution in [2.24, 2.45) is 0 Å². The molecule has 11 aromatic rings. The number of hydrogen-bond acceptors (Lipinski definition) is 1. The van der Waals surface area contributed by atoms with Crippen LogP contribution in [-0.4, -0.2) is 0 Å². The van der Waals surface area contributed by atoms with Gasteiger partial charge in [-0.15, -0.1) is 0 Å². The van der Waals surface area contributed by atoms with Gasteiger partial charge in [-0.05, 0) is 165 Å². The third kappa shape index (κ3) is 5.92. The minimum Gasteiger partial charge on any atom is -0.310 e. The SMILES string of the molecule is CC1(C)c2cc(-c3cc4ccccc4c4ccccc34)ccc2-c2ccc(N(c3ccccc3)c3ccc(-c4ccc5cc(-c6ccc7ccccc7c6)ccc5c4)cc3)cc21. The molecule has 0 bridgehead atoms. The van der Waals surface area contributed by atoms with E-state index in [0.29, 0.717) is 0 Å². The maximum Gasteiger partial charge on any atom is 0.0465 e. The molecule has 0 N–H and O–H groups in total. The minimum atomic E-state index is -0.193. The van der Waals surface area contributed by atoms with Crippen molar-refractivity contribution in [3.8, 4) is 44.5 Å². The number of rotatable bonds is 6. The van der Waals surface area contributed by atoms with Gasteiger partial charge in [0.25, 0.3) is 0 Å². The zero-order valence-electron chi connectivity index (χ0n) is 34.8. The van der Waals surface area contributed by atoms with Gasteiger partial charge in [-0.1, -0.05) is 172 Å². The first-order valence-corrected chi connectivity index (χ1v) is 21.7. The van der Waals surface area contributed by atoms with Gasteiger partial charge in [0.2, 0.25) is 0 Å². The topological polar surface area (TPSA) is 3.24 Å². The van der Waals surface area contributed by atoms with Crippen molar-refractivity contribution in [2.75, 3.05) is 4.90 Å². The van der Waals surface area contributed by atoms with E-state index < -0.39 is 0 Å². The van der Waals surface area contributed by atoms with E-state index in [1.54, 1.807) is 0 Å². The van der Waals surface area contributed by atoms with Gasteiger partial charge in [0.15, 0.2) is 0 Å². The van der Waals surface area contributed by atoms with Gasteiger partial charge in [0, 0.05) is 22.5 Å². The molecule has 0 saturated heterocycles. The Morgan fingerprint density at radius 2 is 0.742 bits per heavy atom. The molecule has 0 fully saturated rings. The Kier molecular flexibility index (Phi) is 8.27. The van der Waals surface area contributed by atoms with Crippen molar-refractivity contribution in [1.82, 2.24) is 0 Å². The molecular formula is C61H43N. The van der Waals surface area contributed by atoms with E-state index in [1.807, 2.05) is 0 Å². The van der Waals surface area contributed by atoms with Gasteiger partial charge in [0.05, 0.1) is 0 Å². The second-order valence-corrected chi connectivity index (χ2v) is 17.4. The highest BCUT2D eigenvalue weighted by Gasteiger charge is 2.36. The summed E-state index contributed by atoms with van der Waals surface area (Å²) in [5, 5.41) is 10.2. The zero-order valence-corrected chi connectivity index (χ0v) is 34.8. The molecular weight excluding hydrogens is 747 g/mol. The summed E-state index contributed by atoms with van der Waals surface area (Å²) in [5.41, 5.74) is 16.0. The maximum atomic E-state index is 2.45. The number of anilines is 3. The van der Waals surface area contributed by atoms with Crippen LogP contribution in [0.1, 0.15) is 25.0 Å². The summed E-state index contributed by atoms with van der Waals surface area (Å²) >= 11 is 0. The van der Waals surface area contributed by atoms with Crippen molar-refractivity contribution < 1.29 is 0 Å². The summed E-state index contributed by atoms with van der Waals surface area (Å²) in [4.78, 5) is 2.39. The Morgan fingerprint density at radius 1 is 0.274 bits per heavy atom. The van der Waals surface area contributed by atoms with Crippen LogP contribution in [-0.2, 0) is 5.41 Å². The highest BCUT2D eigenvalue weighted by molar-refractivity contribution is 6.14. The second kappa shape index (κ2) is 14.2. The molecule has 12 rings (SSSR count). The first-order chi connectivity index (χ1) is 30.5. The van der Waals surface area contributed by atoms with Crippen LogP contribution in [0.25, 0.3) is 87.6 Å². The molecule has 0 aliphatic heterocycles. The zero-order chi connectivity index (χ0) is 41.4. The maximum absolute atomic E-state index is 2.45. The largest absolute Gasteiger partial charge is 0.310 e. The van der Waals surface area contributed by atoms with Crippen molar-refractivity contribution in [3.63, 3.8) is 0 Å². The molecule has 0 spiro atoms. The molecule has 0 atom stereocenters. The van der Waals surface area contributed by atoms with Crippen LogP contribution >= 0.6 is 0 Å². The van der Waals surface area contributed by atoms with Crippen molar-refractivity contribution in [2.45, 2.75) is 19.3 Å². The molecule has 1 aliphatic carbocycles. The van der Waals surface area contributed by atoms with E-state index >= 15 is 0 Å². The third-order valence-electron chi connectivity index (χ3n) is 13.4. The lowest BCUT2D eigenvalue weighted by Gasteiger charge is -2.28. The van der Waals surface area contributed by atoms with Crippen LogP contribution in [0, 0.1) is 0 Å². The average Bonchev–Trinajstić information content (AvgIpc) is 3.56. The Morgan fingerprint density at radius 3 is 1.45 bits per heavy atom. The fraction of sp³-hybridized carbons (Fsp3) is 0.0492. The predicted molar refractivity (Wildman–Crippen MR) is 265 cm³/mol. The first kappa shape index (κ1) is 36.1. The van der Waals surface area contributed by atoms with Crippen LogP contribution < -0.4 is 4.90 Å². The van der Waals surface area contributed by atoms with E-state index in [0.717, 1.165) is 17.1 Å². The fourth-order valence-corrected chi connectivity index (χ4v) is 10.1. The quantitative estimate of drug-likeness (QED) is 0.152. The molecule has 0 radical (unpaired) electrons. The Hall–Kier alpha value is -7.74. The van der Waals surface area contributed by atoms with Gasteiger partial charge in [-0.3, -0.25) is 0 Å². The number of nitrogens with zero attached hydrogens (tertiary/aromatic N) is 1. The molecule has 0 heterocycles. The van der Waals surface area contributed by atoms with E-state index in [2.05, 4.69) is 243 Å². The van der Waals surface area contributed by atoms with Crippen LogP contribution in [0.5, 0.6) is 0 Å². The molecule has 11 aromatic carbocycles. The van der Waals surface area contributed by atoms with Gasteiger partial charge < -0.3 is 4.90 Å². The molecule has 0 saturated carbocycles. The summed E-state index contributed by atoms with van der Waals surface area (Å²) in [6.45, 7) is 4.78. The van der Waals surface area contributed by atoms with Gasteiger partial charge in [-0.25, -0.2) is 0 Å². The lowest BCUT2D eigenvalue weighted by atomic mass is 9.81. The Balaban J connectivity index is 0.877. The first-order valence-electron chi connectivity index (χ1n) is 21.7. The summed E-state index contributed by atoms with van der Waals surface area (Å²) in [5.74, 6) is 0. The summed E-state index contributed by atoms with van der Waals surface area (Å²) in [7, 11) is 0. The summed E-state index contributed by atoms with van der Waals surface area (Å²) in [6, 6.07) is 82.9. The van der Waals surface area contributed by atoms with E-state index in [4.69, 9.17) is 0 Å². The fourth-order valence-electron chi connectivity index (χ4n) is 10.1. The Bertz CT molecular complexity index is 3540. The molecule has 1 nitrogen and oxygen atoms in total. The number of hydrogen-bond donors (Lipinski definition) is 0. The monoisotopic (exact) mass is 789 g/mol. The van der Waals surface area contributed by atoms with Crippen LogP contribution in [0.3, 0.4) is 0 Å². The van der Waals surface area contributed by atoms with Gasteiger partial charge in [0.1, 0.15) is 0 Å².